The van der Waals surface area contributed by atoms with E-state index >= 15 is 0 Å². The molecule has 0 bridgehead atoms. The van der Waals surface area contributed by atoms with Crippen molar-refractivity contribution in [2.75, 3.05) is 6.61 Å². The number of benzene rings is 2. The van der Waals surface area contributed by atoms with E-state index < -0.39 is 5.97 Å². The lowest BCUT2D eigenvalue weighted by atomic mass is 10.2. The van der Waals surface area contributed by atoms with Crippen LogP contribution in [-0.2, 0) is 6.54 Å². The van der Waals surface area contributed by atoms with Gasteiger partial charge in [0.2, 0.25) is 0 Å². The maximum absolute atomic E-state index is 13.2. The molecule has 0 aliphatic rings. The third kappa shape index (κ3) is 3.51. The standard InChI is InChI=1S/C18H16FNO3/c19-15-4-7-17-14(12-15)8-10-20(17)9-1-11-23-16-5-2-13(3-6-16)18(21)22/h2-8,10,12H,1,9,11H2,(H,21,22). The first kappa shape index (κ1) is 15.1. The molecule has 3 aromatic rings. The Hall–Kier alpha value is -2.82. The molecule has 5 heteroatoms. The lowest BCUT2D eigenvalue weighted by Gasteiger charge is -2.08. The van der Waals surface area contributed by atoms with Crippen molar-refractivity contribution in [1.82, 2.24) is 4.57 Å². The minimum Gasteiger partial charge on any atom is -0.494 e. The summed E-state index contributed by atoms with van der Waals surface area (Å²) in [6.07, 6.45) is 2.73. The highest BCUT2D eigenvalue weighted by atomic mass is 19.1. The van der Waals surface area contributed by atoms with Crippen LogP contribution in [0, 0.1) is 5.82 Å². The number of carbonyl (C=O) groups is 1. The first-order valence-electron chi connectivity index (χ1n) is 7.34. The van der Waals surface area contributed by atoms with Crippen molar-refractivity contribution in [3.05, 3.63) is 66.1 Å². The van der Waals surface area contributed by atoms with E-state index in [0.29, 0.717) is 12.4 Å². The van der Waals surface area contributed by atoms with Crippen molar-refractivity contribution >= 4 is 16.9 Å². The summed E-state index contributed by atoms with van der Waals surface area (Å²) in [7, 11) is 0. The number of aromatic carboxylic acids is 1. The predicted octanol–water partition coefficient (Wildman–Crippen LogP) is 3.95. The van der Waals surface area contributed by atoms with Gasteiger partial charge in [-0.2, -0.15) is 0 Å². The zero-order chi connectivity index (χ0) is 16.2. The second kappa shape index (κ2) is 6.52. The Kier molecular flexibility index (Phi) is 4.28. The molecule has 3 rings (SSSR count). The Morgan fingerprint density at radius 1 is 1.13 bits per heavy atom. The zero-order valence-electron chi connectivity index (χ0n) is 12.4. The molecule has 2 aromatic carbocycles. The van der Waals surface area contributed by atoms with Crippen LogP contribution >= 0.6 is 0 Å². The first-order valence-corrected chi connectivity index (χ1v) is 7.34. The summed E-state index contributed by atoms with van der Waals surface area (Å²) < 4.78 is 20.8. The number of nitrogens with zero attached hydrogens (tertiary/aromatic N) is 1. The Morgan fingerprint density at radius 2 is 1.91 bits per heavy atom. The van der Waals surface area contributed by atoms with Gasteiger partial charge < -0.3 is 14.4 Å². The monoisotopic (exact) mass is 313 g/mol. The molecular formula is C18H16FNO3. The van der Waals surface area contributed by atoms with Crippen molar-refractivity contribution in [1.29, 1.82) is 0 Å². The SMILES string of the molecule is O=C(O)c1ccc(OCCCn2ccc3cc(F)ccc32)cc1. The molecule has 4 nitrogen and oxygen atoms in total. The summed E-state index contributed by atoms with van der Waals surface area (Å²) in [4.78, 5) is 10.8. The molecule has 0 spiro atoms. The van der Waals surface area contributed by atoms with E-state index in [1.807, 2.05) is 12.3 Å². The molecule has 1 aromatic heterocycles. The van der Waals surface area contributed by atoms with E-state index in [9.17, 15) is 9.18 Å². The van der Waals surface area contributed by atoms with Crippen molar-refractivity contribution in [2.24, 2.45) is 0 Å². The van der Waals surface area contributed by atoms with Crippen LogP contribution in [0.4, 0.5) is 4.39 Å². The fourth-order valence-electron chi connectivity index (χ4n) is 2.48. The Balaban J connectivity index is 1.53. The van der Waals surface area contributed by atoms with Gasteiger partial charge in [-0.25, -0.2) is 9.18 Å². The third-order valence-electron chi connectivity index (χ3n) is 3.65. The van der Waals surface area contributed by atoms with E-state index in [2.05, 4.69) is 4.57 Å². The third-order valence-corrected chi connectivity index (χ3v) is 3.65. The smallest absolute Gasteiger partial charge is 0.335 e. The quantitative estimate of drug-likeness (QED) is 0.701. The van der Waals surface area contributed by atoms with Crippen molar-refractivity contribution in [2.45, 2.75) is 13.0 Å². The fourth-order valence-corrected chi connectivity index (χ4v) is 2.48. The van der Waals surface area contributed by atoms with Gasteiger partial charge in [-0.3, -0.25) is 0 Å². The highest BCUT2D eigenvalue weighted by Crippen LogP contribution is 2.18. The van der Waals surface area contributed by atoms with Crippen LogP contribution in [0.15, 0.2) is 54.7 Å². The maximum Gasteiger partial charge on any atom is 0.335 e. The number of aryl methyl sites for hydroxylation is 1. The van der Waals surface area contributed by atoms with Gasteiger partial charge in [0.05, 0.1) is 12.2 Å². The molecule has 1 N–H and O–H groups in total. The fraction of sp³-hybridized carbons (Fsp3) is 0.167. The van der Waals surface area contributed by atoms with Gasteiger partial charge in [0.1, 0.15) is 11.6 Å². The molecule has 0 fully saturated rings. The summed E-state index contributed by atoms with van der Waals surface area (Å²) in [5.41, 5.74) is 1.24. The highest BCUT2D eigenvalue weighted by molar-refractivity contribution is 5.87. The number of carboxylic acid groups (broad SMARTS) is 1. The average molecular weight is 313 g/mol. The largest absolute Gasteiger partial charge is 0.494 e. The van der Waals surface area contributed by atoms with Crippen LogP contribution in [0.1, 0.15) is 16.8 Å². The summed E-state index contributed by atoms with van der Waals surface area (Å²) in [5, 5.41) is 9.72. The normalized spacial score (nSPS) is 10.8. The highest BCUT2D eigenvalue weighted by Gasteiger charge is 2.04. The Morgan fingerprint density at radius 3 is 2.65 bits per heavy atom. The average Bonchev–Trinajstić information content (AvgIpc) is 2.94. The number of hydrogen-bond acceptors (Lipinski definition) is 2. The van der Waals surface area contributed by atoms with E-state index in [1.54, 1.807) is 18.2 Å². The predicted molar refractivity (Wildman–Crippen MR) is 85.4 cm³/mol. The molecule has 0 aliphatic carbocycles. The van der Waals surface area contributed by atoms with Gasteiger partial charge in [0.15, 0.2) is 0 Å². The topological polar surface area (TPSA) is 51.5 Å². The van der Waals surface area contributed by atoms with Crippen molar-refractivity contribution in [3.63, 3.8) is 0 Å². The molecule has 0 unspecified atom stereocenters. The molecule has 1 heterocycles. The lowest BCUT2D eigenvalue weighted by molar-refractivity contribution is 0.0697. The molecule has 118 valence electrons. The Labute approximate surface area is 132 Å². The summed E-state index contributed by atoms with van der Waals surface area (Å²) >= 11 is 0. The maximum atomic E-state index is 13.2. The second-order valence-corrected chi connectivity index (χ2v) is 5.24. The summed E-state index contributed by atoms with van der Waals surface area (Å²) in [5.74, 6) is -0.537. The van der Waals surface area contributed by atoms with Gasteiger partial charge in [-0.1, -0.05) is 0 Å². The van der Waals surface area contributed by atoms with Crippen LogP contribution in [0.2, 0.25) is 0 Å². The van der Waals surface area contributed by atoms with E-state index in [0.717, 1.165) is 23.9 Å². The van der Waals surface area contributed by atoms with Crippen LogP contribution in [0.5, 0.6) is 5.75 Å². The second-order valence-electron chi connectivity index (χ2n) is 5.24. The molecule has 0 amide bonds. The molecule has 0 atom stereocenters. The number of ether oxygens (including phenoxy) is 1. The van der Waals surface area contributed by atoms with Gasteiger partial charge in [0, 0.05) is 23.6 Å². The summed E-state index contributed by atoms with van der Waals surface area (Å²) in [6, 6.07) is 13.0. The molecular weight excluding hydrogens is 297 g/mol. The van der Waals surface area contributed by atoms with Crippen LogP contribution in [0.3, 0.4) is 0 Å². The van der Waals surface area contributed by atoms with E-state index in [-0.39, 0.29) is 11.4 Å². The zero-order valence-corrected chi connectivity index (χ0v) is 12.4. The molecule has 23 heavy (non-hydrogen) atoms. The number of aromatic nitrogens is 1. The minimum atomic E-state index is -0.951. The van der Waals surface area contributed by atoms with Crippen LogP contribution in [0.25, 0.3) is 10.9 Å². The van der Waals surface area contributed by atoms with Gasteiger partial charge in [-0.05, 0) is 55.0 Å². The first-order chi connectivity index (χ1) is 11.1. The molecule has 0 aliphatic heterocycles. The summed E-state index contributed by atoms with van der Waals surface area (Å²) in [6.45, 7) is 1.29. The van der Waals surface area contributed by atoms with E-state index in [4.69, 9.17) is 9.84 Å². The number of fused-ring (bicyclic) bond motifs is 1. The number of hydrogen-bond donors (Lipinski definition) is 1. The van der Waals surface area contributed by atoms with Gasteiger partial charge in [-0.15, -0.1) is 0 Å². The van der Waals surface area contributed by atoms with E-state index in [1.165, 1.54) is 24.3 Å². The Bertz CT molecular complexity index is 824. The molecule has 0 saturated carbocycles. The van der Waals surface area contributed by atoms with Gasteiger partial charge >= 0.3 is 5.97 Å². The van der Waals surface area contributed by atoms with Crippen molar-refractivity contribution in [3.8, 4) is 5.75 Å². The number of carboxylic acids is 1. The van der Waals surface area contributed by atoms with Gasteiger partial charge in [0.25, 0.3) is 0 Å². The number of rotatable bonds is 6. The van der Waals surface area contributed by atoms with Crippen LogP contribution in [-0.4, -0.2) is 22.2 Å². The lowest BCUT2D eigenvalue weighted by Crippen LogP contribution is -2.04. The minimum absolute atomic E-state index is 0.233. The molecule has 0 radical (unpaired) electrons. The van der Waals surface area contributed by atoms with Crippen molar-refractivity contribution < 1.29 is 19.0 Å². The number of halogens is 1. The van der Waals surface area contributed by atoms with Crippen LogP contribution < -0.4 is 4.74 Å². The molecule has 0 saturated heterocycles.